The van der Waals surface area contributed by atoms with Crippen LogP contribution in [0.5, 0.6) is 0 Å². The third kappa shape index (κ3) is 5.06. The number of hydrogen-bond donors (Lipinski definition) is 3. The first-order valence-corrected chi connectivity index (χ1v) is 11.0. The fourth-order valence-corrected chi connectivity index (χ4v) is 4.04. The Morgan fingerprint density at radius 3 is 2.29 bits per heavy atom. The van der Waals surface area contributed by atoms with E-state index in [1.54, 1.807) is 6.92 Å². The van der Waals surface area contributed by atoms with Crippen LogP contribution in [0.1, 0.15) is 40.0 Å². The Morgan fingerprint density at radius 1 is 1.00 bits per heavy atom. The molecule has 2 aromatic carbocycles. The Hall–Kier alpha value is -4.20. The molecule has 0 bridgehead atoms. The summed E-state index contributed by atoms with van der Waals surface area (Å²) in [7, 11) is 0. The molecule has 3 N–H and O–H groups in total. The predicted octanol–water partition coefficient (Wildman–Crippen LogP) is 3.57. The minimum Gasteiger partial charge on any atom is -0.478 e. The first kappa shape index (κ1) is 23.0. The first-order valence-electron chi connectivity index (χ1n) is 11.0. The van der Waals surface area contributed by atoms with Crippen molar-refractivity contribution in [3.8, 4) is 11.1 Å². The molecule has 174 valence electrons. The van der Waals surface area contributed by atoms with Crippen molar-refractivity contribution in [2.24, 2.45) is 5.92 Å². The van der Waals surface area contributed by atoms with Gasteiger partial charge in [0.2, 0.25) is 5.91 Å². The van der Waals surface area contributed by atoms with Gasteiger partial charge in [0, 0.05) is 18.7 Å². The van der Waals surface area contributed by atoms with Gasteiger partial charge in [-0.05, 0) is 34.4 Å². The van der Waals surface area contributed by atoms with Crippen molar-refractivity contribution in [2.75, 3.05) is 13.2 Å². The number of benzene rings is 2. The number of carboxylic acid groups (broad SMARTS) is 1. The quantitative estimate of drug-likeness (QED) is 0.474. The topological polar surface area (TPSA) is 118 Å². The lowest BCUT2D eigenvalue weighted by molar-refractivity contribution is -0.124. The number of nitrogens with zero attached hydrogens (tertiary/aromatic N) is 1. The van der Waals surface area contributed by atoms with Crippen molar-refractivity contribution >= 4 is 18.0 Å². The van der Waals surface area contributed by atoms with Crippen molar-refractivity contribution in [1.82, 2.24) is 15.6 Å². The van der Waals surface area contributed by atoms with E-state index in [4.69, 9.17) is 9.84 Å². The van der Waals surface area contributed by atoms with E-state index in [9.17, 15) is 14.4 Å². The molecule has 0 radical (unpaired) electrons. The van der Waals surface area contributed by atoms with Crippen molar-refractivity contribution in [2.45, 2.75) is 19.4 Å². The van der Waals surface area contributed by atoms with E-state index in [-0.39, 0.29) is 37.1 Å². The molecule has 34 heavy (non-hydrogen) atoms. The van der Waals surface area contributed by atoms with Crippen LogP contribution >= 0.6 is 0 Å². The van der Waals surface area contributed by atoms with E-state index in [1.807, 2.05) is 24.3 Å². The summed E-state index contributed by atoms with van der Waals surface area (Å²) in [4.78, 5) is 39.7. The third-order valence-corrected chi connectivity index (χ3v) is 5.85. The molecule has 1 heterocycles. The second-order valence-electron chi connectivity index (χ2n) is 8.17. The molecule has 1 atom stereocenters. The van der Waals surface area contributed by atoms with Gasteiger partial charge in [-0.25, -0.2) is 9.59 Å². The fourth-order valence-electron chi connectivity index (χ4n) is 4.04. The van der Waals surface area contributed by atoms with Crippen LogP contribution in [0, 0.1) is 5.92 Å². The summed E-state index contributed by atoms with van der Waals surface area (Å²) in [6, 6.07) is 19.0. The Balaban J connectivity index is 1.25. The highest BCUT2D eigenvalue weighted by atomic mass is 16.5. The molecule has 0 fully saturated rings. The van der Waals surface area contributed by atoms with Gasteiger partial charge in [-0.2, -0.15) is 0 Å². The van der Waals surface area contributed by atoms with Crippen molar-refractivity contribution in [3.63, 3.8) is 0 Å². The Morgan fingerprint density at radius 2 is 1.65 bits per heavy atom. The summed E-state index contributed by atoms with van der Waals surface area (Å²) in [5.41, 5.74) is 5.10. The molecule has 1 aliphatic carbocycles. The van der Waals surface area contributed by atoms with E-state index < -0.39 is 18.0 Å². The standard InChI is InChI=1S/C26H25N3O5/c1-16(24(30)28-14-18-12-17(25(31)32)10-11-27-18)13-29-26(33)34-15-23-21-8-4-2-6-19(21)20-7-3-5-9-22(20)23/h2-12,16,23H,13-15H2,1H3,(H,28,30)(H,29,33)(H,31,32). The highest BCUT2D eigenvalue weighted by molar-refractivity contribution is 5.87. The van der Waals surface area contributed by atoms with Gasteiger partial charge in [-0.15, -0.1) is 0 Å². The molecule has 3 aromatic rings. The maximum Gasteiger partial charge on any atom is 0.407 e. The molecule has 1 aromatic heterocycles. The van der Waals surface area contributed by atoms with Crippen LogP contribution in [0.15, 0.2) is 66.9 Å². The number of carboxylic acids is 1. The molecule has 8 heteroatoms. The number of ether oxygens (including phenoxy) is 1. The lowest BCUT2D eigenvalue weighted by Crippen LogP contribution is -2.37. The van der Waals surface area contributed by atoms with Crippen molar-refractivity contribution in [1.29, 1.82) is 0 Å². The van der Waals surface area contributed by atoms with Gasteiger partial charge < -0.3 is 20.5 Å². The van der Waals surface area contributed by atoms with E-state index in [0.717, 1.165) is 22.3 Å². The molecule has 4 rings (SSSR count). The number of carbonyl (C=O) groups excluding carboxylic acids is 2. The molecule has 8 nitrogen and oxygen atoms in total. The lowest BCUT2D eigenvalue weighted by Gasteiger charge is -2.16. The minimum absolute atomic E-state index is 0.0343. The van der Waals surface area contributed by atoms with Gasteiger partial charge in [0.1, 0.15) is 6.61 Å². The summed E-state index contributed by atoms with van der Waals surface area (Å²) in [6.45, 7) is 2.08. The average molecular weight is 460 g/mol. The highest BCUT2D eigenvalue weighted by Gasteiger charge is 2.29. The fraction of sp³-hybridized carbons (Fsp3) is 0.231. The minimum atomic E-state index is -1.06. The Kier molecular flexibility index (Phi) is 6.87. The zero-order valence-corrected chi connectivity index (χ0v) is 18.7. The van der Waals surface area contributed by atoms with E-state index >= 15 is 0 Å². The normalized spacial score (nSPS) is 12.9. The lowest BCUT2D eigenvalue weighted by atomic mass is 9.98. The summed E-state index contributed by atoms with van der Waals surface area (Å²) in [6.07, 6.45) is 0.796. The van der Waals surface area contributed by atoms with E-state index in [1.165, 1.54) is 18.3 Å². The molecule has 0 saturated carbocycles. The number of nitrogens with one attached hydrogen (secondary N) is 2. The Labute approximate surface area is 197 Å². The molecule has 0 aliphatic heterocycles. The predicted molar refractivity (Wildman–Crippen MR) is 125 cm³/mol. The van der Waals surface area contributed by atoms with Gasteiger partial charge in [0.05, 0.1) is 23.7 Å². The SMILES string of the molecule is CC(CNC(=O)OCC1c2ccccc2-c2ccccc21)C(=O)NCc1cc(C(=O)O)ccn1. The van der Waals surface area contributed by atoms with Crippen LogP contribution in [0.3, 0.4) is 0 Å². The number of fused-ring (bicyclic) bond motifs is 3. The maximum atomic E-state index is 12.3. The second-order valence-corrected chi connectivity index (χ2v) is 8.17. The Bertz CT molecular complexity index is 1180. The number of rotatable bonds is 8. The maximum absolute atomic E-state index is 12.3. The molecular formula is C26H25N3O5. The summed E-state index contributed by atoms with van der Waals surface area (Å²) in [5.74, 6) is -1.90. The molecule has 1 unspecified atom stereocenters. The van der Waals surface area contributed by atoms with Gasteiger partial charge in [0.15, 0.2) is 0 Å². The van der Waals surface area contributed by atoms with Gasteiger partial charge in [-0.3, -0.25) is 9.78 Å². The van der Waals surface area contributed by atoms with Crippen LogP contribution in [0.2, 0.25) is 0 Å². The molecule has 1 aliphatic rings. The van der Waals surface area contributed by atoms with Gasteiger partial charge >= 0.3 is 12.1 Å². The van der Waals surface area contributed by atoms with E-state index in [2.05, 4.69) is 39.9 Å². The number of aromatic carboxylic acids is 1. The summed E-state index contributed by atoms with van der Waals surface area (Å²) >= 11 is 0. The second kappa shape index (κ2) is 10.2. The van der Waals surface area contributed by atoms with Crippen LogP contribution in [-0.4, -0.2) is 41.2 Å². The van der Waals surface area contributed by atoms with E-state index in [0.29, 0.717) is 5.69 Å². The summed E-state index contributed by atoms with van der Waals surface area (Å²) in [5, 5.41) is 14.4. The largest absolute Gasteiger partial charge is 0.478 e. The molecular weight excluding hydrogens is 434 g/mol. The molecule has 2 amide bonds. The van der Waals surface area contributed by atoms with Gasteiger partial charge in [-0.1, -0.05) is 55.5 Å². The van der Waals surface area contributed by atoms with Crippen LogP contribution in [0.25, 0.3) is 11.1 Å². The van der Waals surface area contributed by atoms with Gasteiger partial charge in [0.25, 0.3) is 0 Å². The zero-order chi connectivity index (χ0) is 24.1. The monoisotopic (exact) mass is 459 g/mol. The van der Waals surface area contributed by atoms with Crippen molar-refractivity contribution < 1.29 is 24.2 Å². The smallest absolute Gasteiger partial charge is 0.407 e. The molecule has 0 saturated heterocycles. The molecule has 0 spiro atoms. The number of aromatic nitrogens is 1. The third-order valence-electron chi connectivity index (χ3n) is 5.85. The van der Waals surface area contributed by atoms with Crippen molar-refractivity contribution in [3.05, 3.63) is 89.2 Å². The number of hydrogen-bond acceptors (Lipinski definition) is 5. The number of amides is 2. The number of pyridine rings is 1. The average Bonchev–Trinajstić information content (AvgIpc) is 3.18. The highest BCUT2D eigenvalue weighted by Crippen LogP contribution is 2.44. The summed E-state index contributed by atoms with van der Waals surface area (Å²) < 4.78 is 5.49. The zero-order valence-electron chi connectivity index (χ0n) is 18.7. The van der Waals surface area contributed by atoms with Crippen LogP contribution < -0.4 is 10.6 Å². The first-order chi connectivity index (χ1) is 16.4. The number of carbonyl (C=O) groups is 3. The number of alkyl carbamates (subject to hydrolysis) is 1. The van der Waals surface area contributed by atoms with Crippen LogP contribution in [0.4, 0.5) is 4.79 Å². The van der Waals surface area contributed by atoms with Crippen LogP contribution in [-0.2, 0) is 16.1 Å².